The summed E-state index contributed by atoms with van der Waals surface area (Å²) in [6.07, 6.45) is 7.76. The second-order valence-electron chi connectivity index (χ2n) is 8.04. The molecule has 0 bridgehead atoms. The predicted octanol–water partition coefficient (Wildman–Crippen LogP) is 5.00. The molecule has 1 saturated carbocycles. The van der Waals surface area contributed by atoms with Crippen LogP contribution in [0.25, 0.3) is 10.4 Å². The highest BCUT2D eigenvalue weighted by atomic mass is 32.2. The summed E-state index contributed by atoms with van der Waals surface area (Å²) in [6.45, 7) is 3.80. The highest BCUT2D eigenvalue weighted by molar-refractivity contribution is 7.86. The summed E-state index contributed by atoms with van der Waals surface area (Å²) in [6, 6.07) is 7.64. The molecular weight excluding hydrogens is 444 g/mol. The number of H-pyrrole nitrogens is 1. The third-order valence-corrected chi connectivity index (χ3v) is 7.95. The van der Waals surface area contributed by atoms with Gasteiger partial charge >= 0.3 is 0 Å². The zero-order valence-corrected chi connectivity index (χ0v) is 20.1. The quantitative estimate of drug-likeness (QED) is 0.450. The van der Waals surface area contributed by atoms with Gasteiger partial charge in [-0.2, -0.15) is 0 Å². The number of aromatic amines is 1. The first-order valence-electron chi connectivity index (χ1n) is 10.7. The van der Waals surface area contributed by atoms with Crippen molar-refractivity contribution < 1.29 is 8.95 Å². The van der Waals surface area contributed by atoms with Crippen LogP contribution in [-0.2, 0) is 11.0 Å². The number of nitrogens with zero attached hydrogens (tertiary/aromatic N) is 1. The molecule has 170 valence electrons. The first kappa shape index (κ1) is 22.5. The molecule has 4 rings (SSSR count). The van der Waals surface area contributed by atoms with E-state index in [4.69, 9.17) is 9.72 Å². The zero-order chi connectivity index (χ0) is 22.7. The Balaban J connectivity index is 1.60. The lowest BCUT2D eigenvalue weighted by Crippen LogP contribution is -2.21. The van der Waals surface area contributed by atoms with E-state index in [0.717, 1.165) is 21.3 Å². The van der Waals surface area contributed by atoms with Crippen molar-refractivity contribution in [2.75, 3.05) is 17.1 Å². The SMILES string of the molecule is COc1ccc(-c2sc(NC3CCCCC3)nc2C)cc1S(=O)Nc1c[nH]c(=O)cc1C. The second kappa shape index (κ2) is 9.87. The average Bonchev–Trinajstić information content (AvgIpc) is 3.15. The Morgan fingerprint density at radius 3 is 2.69 bits per heavy atom. The van der Waals surface area contributed by atoms with Gasteiger partial charge in [-0.3, -0.25) is 9.52 Å². The summed E-state index contributed by atoms with van der Waals surface area (Å²) in [5, 5.41) is 4.53. The highest BCUT2D eigenvalue weighted by Gasteiger charge is 2.19. The number of nitrogens with one attached hydrogen (secondary N) is 3. The summed E-state index contributed by atoms with van der Waals surface area (Å²) >= 11 is 1.63. The lowest BCUT2D eigenvalue weighted by molar-refractivity contribution is 0.404. The number of aromatic nitrogens is 2. The minimum atomic E-state index is -1.58. The molecule has 0 saturated heterocycles. The Labute approximate surface area is 194 Å². The minimum absolute atomic E-state index is 0.197. The van der Waals surface area contributed by atoms with Crippen LogP contribution in [0.3, 0.4) is 0 Å². The average molecular weight is 473 g/mol. The van der Waals surface area contributed by atoms with E-state index in [0.29, 0.717) is 27.9 Å². The van der Waals surface area contributed by atoms with Crippen LogP contribution in [0.15, 0.2) is 40.2 Å². The Hall–Kier alpha value is -2.65. The Morgan fingerprint density at radius 2 is 1.97 bits per heavy atom. The van der Waals surface area contributed by atoms with Crippen molar-refractivity contribution in [1.82, 2.24) is 9.97 Å². The number of thiazole rings is 1. The number of methoxy groups -OCH3 is 1. The molecular formula is C23H28N4O3S2. The van der Waals surface area contributed by atoms with E-state index in [1.165, 1.54) is 44.4 Å². The van der Waals surface area contributed by atoms with Gasteiger partial charge in [0.1, 0.15) is 10.6 Å². The maximum atomic E-state index is 13.2. The molecule has 1 aromatic carbocycles. The van der Waals surface area contributed by atoms with Crippen LogP contribution >= 0.6 is 11.3 Å². The number of anilines is 2. The van der Waals surface area contributed by atoms with Gasteiger partial charge in [-0.25, -0.2) is 9.19 Å². The lowest BCUT2D eigenvalue weighted by Gasteiger charge is -2.22. The maximum absolute atomic E-state index is 13.2. The predicted molar refractivity (Wildman–Crippen MR) is 131 cm³/mol. The molecule has 0 radical (unpaired) electrons. The summed E-state index contributed by atoms with van der Waals surface area (Å²) in [5.41, 5.74) is 3.01. The first-order chi connectivity index (χ1) is 15.4. The van der Waals surface area contributed by atoms with E-state index >= 15 is 0 Å². The van der Waals surface area contributed by atoms with Crippen LogP contribution in [0.2, 0.25) is 0 Å². The normalized spacial score (nSPS) is 15.3. The van der Waals surface area contributed by atoms with E-state index in [2.05, 4.69) is 15.0 Å². The lowest BCUT2D eigenvalue weighted by atomic mass is 9.96. The molecule has 0 aliphatic heterocycles. The van der Waals surface area contributed by atoms with Crippen molar-refractivity contribution in [3.8, 4) is 16.2 Å². The van der Waals surface area contributed by atoms with Crippen molar-refractivity contribution in [1.29, 1.82) is 0 Å². The highest BCUT2D eigenvalue weighted by Crippen LogP contribution is 2.37. The van der Waals surface area contributed by atoms with E-state index in [-0.39, 0.29) is 5.56 Å². The smallest absolute Gasteiger partial charge is 0.248 e. The number of ether oxygens (including phenoxy) is 1. The van der Waals surface area contributed by atoms with Crippen molar-refractivity contribution in [3.05, 3.63) is 52.1 Å². The van der Waals surface area contributed by atoms with Crippen LogP contribution in [0.5, 0.6) is 5.75 Å². The number of hydrogen-bond acceptors (Lipinski definition) is 6. The fourth-order valence-electron chi connectivity index (χ4n) is 3.95. The molecule has 7 nitrogen and oxygen atoms in total. The maximum Gasteiger partial charge on any atom is 0.248 e. The fraction of sp³-hybridized carbons (Fsp3) is 0.391. The van der Waals surface area contributed by atoms with Crippen LogP contribution < -0.4 is 20.3 Å². The summed E-state index contributed by atoms with van der Waals surface area (Å²) in [5.74, 6) is 0.532. The Morgan fingerprint density at radius 1 is 1.19 bits per heavy atom. The van der Waals surface area contributed by atoms with Crippen LogP contribution in [0.1, 0.15) is 43.4 Å². The van der Waals surface area contributed by atoms with Gasteiger partial charge in [0.15, 0.2) is 16.1 Å². The van der Waals surface area contributed by atoms with Crippen molar-refractivity contribution >= 4 is 33.1 Å². The van der Waals surface area contributed by atoms with Crippen LogP contribution in [0.4, 0.5) is 10.8 Å². The molecule has 1 aliphatic carbocycles. The molecule has 1 atom stereocenters. The molecule has 3 aromatic rings. The van der Waals surface area contributed by atoms with Crippen molar-refractivity contribution in [3.63, 3.8) is 0 Å². The molecule has 1 fully saturated rings. The van der Waals surface area contributed by atoms with Crippen LogP contribution in [-0.4, -0.2) is 27.3 Å². The van der Waals surface area contributed by atoms with Gasteiger partial charge in [-0.1, -0.05) is 30.6 Å². The summed E-state index contributed by atoms with van der Waals surface area (Å²) < 4.78 is 21.6. The first-order valence-corrected chi connectivity index (χ1v) is 12.7. The number of pyridine rings is 1. The zero-order valence-electron chi connectivity index (χ0n) is 18.5. The molecule has 1 unspecified atom stereocenters. The molecule has 2 aromatic heterocycles. The van der Waals surface area contributed by atoms with Gasteiger partial charge in [0, 0.05) is 18.3 Å². The van der Waals surface area contributed by atoms with Crippen molar-refractivity contribution in [2.24, 2.45) is 0 Å². The molecule has 9 heteroatoms. The van der Waals surface area contributed by atoms with Crippen molar-refractivity contribution in [2.45, 2.75) is 56.9 Å². The van der Waals surface area contributed by atoms with E-state index in [1.54, 1.807) is 25.4 Å². The molecule has 2 heterocycles. The van der Waals surface area contributed by atoms with E-state index < -0.39 is 11.0 Å². The van der Waals surface area contributed by atoms with Crippen LogP contribution in [0, 0.1) is 13.8 Å². The van der Waals surface area contributed by atoms with E-state index in [9.17, 15) is 9.00 Å². The summed E-state index contributed by atoms with van der Waals surface area (Å²) in [4.78, 5) is 20.4. The van der Waals surface area contributed by atoms with Gasteiger partial charge < -0.3 is 15.0 Å². The Bertz CT molecular complexity index is 1180. The second-order valence-corrected chi connectivity index (χ2v) is 10.2. The van der Waals surface area contributed by atoms with Gasteiger partial charge in [0.05, 0.1) is 23.4 Å². The molecule has 32 heavy (non-hydrogen) atoms. The largest absolute Gasteiger partial charge is 0.495 e. The Kier molecular flexibility index (Phi) is 6.95. The standard InChI is InChI=1S/C23H28N4O3S2/c1-14-11-21(28)24-13-18(14)27-32(29)20-12-16(9-10-19(20)30-3)22-15(2)25-23(31-22)26-17-7-5-4-6-8-17/h9-13,17,27H,4-8H2,1-3H3,(H,24,28)(H,25,26). The van der Waals surface area contributed by atoms with Gasteiger partial charge in [-0.15, -0.1) is 0 Å². The molecule has 0 amide bonds. The fourth-order valence-corrected chi connectivity index (χ4v) is 6.09. The van der Waals surface area contributed by atoms with Gasteiger partial charge in [-0.05, 0) is 56.0 Å². The molecule has 0 spiro atoms. The molecule has 3 N–H and O–H groups in total. The number of hydrogen-bond donors (Lipinski definition) is 3. The molecule has 1 aliphatic rings. The monoisotopic (exact) mass is 472 g/mol. The topological polar surface area (TPSA) is 96.1 Å². The summed E-state index contributed by atoms with van der Waals surface area (Å²) in [7, 11) is -0.0200. The van der Waals surface area contributed by atoms with E-state index in [1.807, 2.05) is 25.1 Å². The minimum Gasteiger partial charge on any atom is -0.495 e. The third kappa shape index (κ3) is 5.05. The third-order valence-electron chi connectivity index (χ3n) is 5.69. The number of benzene rings is 1. The van der Waals surface area contributed by atoms with Gasteiger partial charge in [0.25, 0.3) is 0 Å². The number of rotatable bonds is 7. The van der Waals surface area contributed by atoms with Gasteiger partial charge in [0.2, 0.25) is 5.56 Å². The number of aryl methyl sites for hydroxylation is 2.